The summed E-state index contributed by atoms with van der Waals surface area (Å²) in [4.78, 5) is 36.4. The predicted octanol–water partition coefficient (Wildman–Crippen LogP) is 1.29. The summed E-state index contributed by atoms with van der Waals surface area (Å²) in [6, 6.07) is 5.71. The van der Waals surface area contributed by atoms with Gasteiger partial charge in [0.25, 0.3) is 11.5 Å². The molecule has 26 heavy (non-hydrogen) atoms. The zero-order chi connectivity index (χ0) is 18.4. The van der Waals surface area contributed by atoms with Crippen LogP contribution in [0.2, 0.25) is 0 Å². The van der Waals surface area contributed by atoms with Gasteiger partial charge in [0.15, 0.2) is 0 Å². The van der Waals surface area contributed by atoms with Crippen molar-refractivity contribution >= 4 is 11.6 Å². The van der Waals surface area contributed by atoms with E-state index in [1.807, 2.05) is 42.6 Å². The number of pyridine rings is 1. The second kappa shape index (κ2) is 6.09. The lowest BCUT2D eigenvalue weighted by Crippen LogP contribution is -2.34. The van der Waals surface area contributed by atoms with E-state index in [4.69, 9.17) is 0 Å². The molecule has 0 fully saturated rings. The minimum absolute atomic E-state index is 0.00860. The van der Waals surface area contributed by atoms with Gasteiger partial charge in [-0.3, -0.25) is 14.2 Å². The molecule has 4 rings (SSSR count). The topological polar surface area (TPSA) is 72.5 Å². The number of hydrogen-bond acceptors (Lipinski definition) is 4. The summed E-state index contributed by atoms with van der Waals surface area (Å²) in [5.41, 5.74) is 3.59. The molecule has 1 aliphatic rings. The van der Waals surface area contributed by atoms with Crippen LogP contribution in [0.4, 0.5) is 0 Å². The van der Waals surface area contributed by atoms with Gasteiger partial charge in [0.05, 0.1) is 11.4 Å². The number of imidazole rings is 1. The number of rotatable bonds is 1. The van der Waals surface area contributed by atoms with E-state index in [0.717, 1.165) is 22.6 Å². The van der Waals surface area contributed by atoms with Crippen molar-refractivity contribution < 1.29 is 4.79 Å². The van der Waals surface area contributed by atoms with Crippen molar-refractivity contribution in [1.29, 1.82) is 0 Å². The van der Waals surface area contributed by atoms with Crippen LogP contribution in [0.5, 0.6) is 0 Å². The van der Waals surface area contributed by atoms with Crippen molar-refractivity contribution in [2.75, 3.05) is 13.1 Å². The lowest BCUT2D eigenvalue weighted by atomic mass is 10.1. The Morgan fingerprint density at radius 3 is 2.65 bits per heavy atom. The van der Waals surface area contributed by atoms with E-state index in [9.17, 15) is 9.59 Å². The molecule has 1 amide bonds. The van der Waals surface area contributed by atoms with E-state index in [2.05, 4.69) is 9.97 Å². The van der Waals surface area contributed by atoms with Gasteiger partial charge in [0.1, 0.15) is 17.2 Å². The van der Waals surface area contributed by atoms with Gasteiger partial charge in [0, 0.05) is 38.3 Å². The van der Waals surface area contributed by atoms with E-state index < -0.39 is 0 Å². The number of fused-ring (bicyclic) bond motifs is 2. The molecule has 0 radical (unpaired) electrons. The van der Waals surface area contributed by atoms with Gasteiger partial charge in [-0.25, -0.2) is 9.97 Å². The maximum Gasteiger partial charge on any atom is 0.274 e. The normalized spacial score (nSPS) is 14.3. The lowest BCUT2D eigenvalue weighted by molar-refractivity contribution is 0.0757. The summed E-state index contributed by atoms with van der Waals surface area (Å²) in [6.07, 6.45) is 3.01. The zero-order valence-corrected chi connectivity index (χ0v) is 15.2. The third-order valence-electron chi connectivity index (χ3n) is 5.20. The van der Waals surface area contributed by atoms with Crippen LogP contribution < -0.4 is 5.56 Å². The van der Waals surface area contributed by atoms with E-state index in [1.54, 1.807) is 16.5 Å². The van der Waals surface area contributed by atoms with E-state index >= 15 is 0 Å². The lowest BCUT2D eigenvalue weighted by Gasteiger charge is -2.19. The molecule has 7 heteroatoms. The molecule has 0 atom stereocenters. The largest absolute Gasteiger partial charge is 0.337 e. The van der Waals surface area contributed by atoms with Crippen molar-refractivity contribution in [3.63, 3.8) is 0 Å². The minimum atomic E-state index is -0.0902. The molecule has 0 bridgehead atoms. The van der Waals surface area contributed by atoms with E-state index in [0.29, 0.717) is 37.4 Å². The molecule has 134 valence electrons. The number of carbonyl (C=O) groups is 1. The van der Waals surface area contributed by atoms with Gasteiger partial charge in [-0.1, -0.05) is 6.07 Å². The fraction of sp³-hybridized carbons (Fsp3) is 0.368. The second-order valence-corrected chi connectivity index (χ2v) is 6.72. The Morgan fingerprint density at radius 2 is 1.88 bits per heavy atom. The highest BCUT2D eigenvalue weighted by Gasteiger charge is 2.26. The number of carbonyl (C=O) groups excluding carboxylic acids is 1. The Bertz CT molecular complexity index is 1080. The van der Waals surface area contributed by atoms with Crippen LogP contribution >= 0.6 is 0 Å². The molecule has 7 nitrogen and oxygen atoms in total. The van der Waals surface area contributed by atoms with Crippen LogP contribution in [-0.4, -0.2) is 42.8 Å². The van der Waals surface area contributed by atoms with Crippen molar-refractivity contribution in [3.8, 4) is 0 Å². The zero-order valence-electron chi connectivity index (χ0n) is 15.2. The first-order valence-electron chi connectivity index (χ1n) is 8.75. The Morgan fingerprint density at radius 1 is 1.12 bits per heavy atom. The molecule has 0 saturated heterocycles. The SMILES string of the molecule is Cc1nc2c(c(=O)n1C)CCN(C(=O)c1nc3ccccn3c1C)CC2. The number of hydrogen-bond donors (Lipinski definition) is 0. The average Bonchev–Trinajstić information content (AvgIpc) is 2.83. The van der Waals surface area contributed by atoms with Crippen LogP contribution in [0.3, 0.4) is 0 Å². The molecule has 0 aliphatic carbocycles. The van der Waals surface area contributed by atoms with Gasteiger partial charge < -0.3 is 9.30 Å². The number of aryl methyl sites for hydroxylation is 2. The quantitative estimate of drug-likeness (QED) is 0.662. The van der Waals surface area contributed by atoms with Crippen LogP contribution in [-0.2, 0) is 19.9 Å². The number of amides is 1. The average molecular weight is 351 g/mol. The summed E-state index contributed by atoms with van der Waals surface area (Å²) in [7, 11) is 1.73. The van der Waals surface area contributed by atoms with E-state index in [-0.39, 0.29) is 11.5 Å². The first-order chi connectivity index (χ1) is 12.5. The summed E-state index contributed by atoms with van der Waals surface area (Å²) in [5.74, 6) is 0.609. The molecule has 0 saturated carbocycles. The molecule has 3 aromatic rings. The van der Waals surface area contributed by atoms with Gasteiger partial charge in [-0.05, 0) is 32.4 Å². The van der Waals surface area contributed by atoms with Crippen LogP contribution in [0.1, 0.15) is 33.3 Å². The van der Waals surface area contributed by atoms with Crippen LogP contribution in [0.15, 0.2) is 29.2 Å². The van der Waals surface area contributed by atoms with Crippen molar-refractivity contribution in [2.24, 2.45) is 7.05 Å². The molecular formula is C19H21N5O2. The highest BCUT2D eigenvalue weighted by molar-refractivity contribution is 5.94. The molecule has 4 heterocycles. The van der Waals surface area contributed by atoms with Crippen molar-refractivity contribution in [2.45, 2.75) is 26.7 Å². The third kappa shape index (κ3) is 2.51. The Labute approximate surface area is 150 Å². The Kier molecular flexibility index (Phi) is 3.86. The van der Waals surface area contributed by atoms with Crippen molar-refractivity contribution in [3.05, 3.63) is 63.2 Å². The fourth-order valence-electron chi connectivity index (χ4n) is 3.54. The molecule has 0 N–H and O–H groups in total. The molecule has 1 aliphatic heterocycles. The predicted molar refractivity (Wildman–Crippen MR) is 97.5 cm³/mol. The highest BCUT2D eigenvalue weighted by Crippen LogP contribution is 2.17. The standard InChI is InChI=1S/C19H21N5O2/c1-12-17(21-16-6-4-5-9-24(12)16)19(26)23-10-7-14-15(8-11-23)20-13(2)22(3)18(14)25/h4-6,9H,7-8,10-11H2,1-3H3. The summed E-state index contributed by atoms with van der Waals surface area (Å²) in [6.45, 7) is 4.77. The molecular weight excluding hydrogens is 330 g/mol. The summed E-state index contributed by atoms with van der Waals surface area (Å²) in [5, 5.41) is 0. The first-order valence-corrected chi connectivity index (χ1v) is 8.75. The second-order valence-electron chi connectivity index (χ2n) is 6.72. The van der Waals surface area contributed by atoms with Crippen LogP contribution in [0, 0.1) is 13.8 Å². The minimum Gasteiger partial charge on any atom is -0.337 e. The smallest absolute Gasteiger partial charge is 0.274 e. The van der Waals surface area contributed by atoms with Gasteiger partial charge in [-0.15, -0.1) is 0 Å². The molecule has 0 spiro atoms. The molecule has 0 unspecified atom stereocenters. The Hall–Kier alpha value is -2.96. The maximum absolute atomic E-state index is 13.1. The number of nitrogens with zero attached hydrogens (tertiary/aromatic N) is 5. The Balaban J connectivity index is 1.65. The van der Waals surface area contributed by atoms with Crippen molar-refractivity contribution in [1.82, 2.24) is 23.8 Å². The first kappa shape index (κ1) is 16.5. The summed E-state index contributed by atoms with van der Waals surface area (Å²) < 4.78 is 3.49. The van der Waals surface area contributed by atoms with Crippen LogP contribution in [0.25, 0.3) is 5.65 Å². The maximum atomic E-state index is 13.1. The number of aromatic nitrogens is 4. The fourth-order valence-corrected chi connectivity index (χ4v) is 3.54. The molecule has 3 aromatic heterocycles. The highest BCUT2D eigenvalue weighted by atomic mass is 16.2. The summed E-state index contributed by atoms with van der Waals surface area (Å²) >= 11 is 0. The van der Waals surface area contributed by atoms with E-state index in [1.165, 1.54) is 0 Å². The van der Waals surface area contributed by atoms with Gasteiger partial charge >= 0.3 is 0 Å². The monoisotopic (exact) mass is 351 g/mol. The van der Waals surface area contributed by atoms with Gasteiger partial charge in [0.2, 0.25) is 0 Å². The molecule has 0 aromatic carbocycles. The third-order valence-corrected chi connectivity index (χ3v) is 5.20. The van der Waals surface area contributed by atoms with Gasteiger partial charge in [-0.2, -0.15) is 0 Å².